The number of aromatic nitrogens is 2. The van der Waals surface area contributed by atoms with E-state index in [1.54, 1.807) is 12.1 Å². The number of aryl methyl sites for hydroxylation is 2. The molecule has 1 heterocycles. The first kappa shape index (κ1) is 25.9. The fourth-order valence-electron chi connectivity index (χ4n) is 4.42. The van der Waals surface area contributed by atoms with Crippen LogP contribution in [0.4, 0.5) is 0 Å². The summed E-state index contributed by atoms with van der Waals surface area (Å²) in [6.07, 6.45) is 0. The highest BCUT2D eigenvalue weighted by molar-refractivity contribution is 5.96. The van der Waals surface area contributed by atoms with Gasteiger partial charge in [-0.05, 0) is 56.7 Å². The average Bonchev–Trinajstić information content (AvgIpc) is 3.27. The summed E-state index contributed by atoms with van der Waals surface area (Å²) in [5.41, 5.74) is 4.53. The number of amides is 1. The number of hydrogen-bond acceptors (Lipinski definition) is 6. The lowest BCUT2D eigenvalue weighted by molar-refractivity contribution is 0.0936. The van der Waals surface area contributed by atoms with Crippen LogP contribution in [0.5, 0.6) is 23.0 Å². The number of imidazole rings is 1. The molecule has 1 unspecified atom stereocenters. The molecule has 37 heavy (non-hydrogen) atoms. The fourth-order valence-corrected chi connectivity index (χ4v) is 4.42. The molecule has 1 aromatic heterocycles. The Labute approximate surface area is 217 Å². The van der Waals surface area contributed by atoms with E-state index in [2.05, 4.69) is 22.9 Å². The molecular formula is C29H33N3O5. The number of fused-ring (bicyclic) bond motifs is 1. The number of carbonyl (C=O) groups excluding carboxylic acids is 1. The van der Waals surface area contributed by atoms with Crippen molar-refractivity contribution in [3.8, 4) is 23.0 Å². The summed E-state index contributed by atoms with van der Waals surface area (Å²) in [6, 6.07) is 17.0. The van der Waals surface area contributed by atoms with Gasteiger partial charge in [-0.15, -0.1) is 0 Å². The molecule has 0 aliphatic heterocycles. The van der Waals surface area contributed by atoms with Gasteiger partial charge in [-0.1, -0.05) is 29.8 Å². The van der Waals surface area contributed by atoms with Gasteiger partial charge in [0.05, 0.1) is 44.9 Å². The smallest absolute Gasteiger partial charge is 0.252 e. The Hall–Kier alpha value is -4.20. The Bertz CT molecular complexity index is 1390. The van der Waals surface area contributed by atoms with Crippen molar-refractivity contribution in [3.63, 3.8) is 0 Å². The van der Waals surface area contributed by atoms with E-state index in [9.17, 15) is 4.79 Å². The predicted molar refractivity (Wildman–Crippen MR) is 143 cm³/mol. The van der Waals surface area contributed by atoms with Crippen molar-refractivity contribution in [2.75, 3.05) is 27.9 Å². The Morgan fingerprint density at radius 3 is 2.30 bits per heavy atom. The van der Waals surface area contributed by atoms with E-state index in [1.165, 1.54) is 26.9 Å². The largest absolute Gasteiger partial charge is 0.493 e. The molecule has 0 spiro atoms. The molecule has 0 bridgehead atoms. The second-order valence-corrected chi connectivity index (χ2v) is 8.84. The maximum absolute atomic E-state index is 13.2. The number of nitrogens with zero attached hydrogens (tertiary/aromatic N) is 2. The first-order valence-electron chi connectivity index (χ1n) is 12.1. The maximum atomic E-state index is 13.2. The van der Waals surface area contributed by atoms with Crippen molar-refractivity contribution < 1.29 is 23.7 Å². The van der Waals surface area contributed by atoms with Crippen molar-refractivity contribution in [1.29, 1.82) is 0 Å². The molecule has 0 aliphatic rings. The lowest BCUT2D eigenvalue weighted by Gasteiger charge is -2.18. The third kappa shape index (κ3) is 5.48. The third-order valence-corrected chi connectivity index (χ3v) is 6.25. The molecule has 1 N–H and O–H groups in total. The van der Waals surface area contributed by atoms with Gasteiger partial charge in [0.1, 0.15) is 18.2 Å². The number of hydrogen-bond donors (Lipinski definition) is 1. The zero-order valence-electron chi connectivity index (χ0n) is 22.1. The van der Waals surface area contributed by atoms with Gasteiger partial charge >= 0.3 is 0 Å². The van der Waals surface area contributed by atoms with Crippen LogP contribution in [0.15, 0.2) is 54.6 Å². The Morgan fingerprint density at radius 2 is 1.65 bits per heavy atom. The second kappa shape index (κ2) is 11.2. The zero-order valence-corrected chi connectivity index (χ0v) is 22.1. The summed E-state index contributed by atoms with van der Waals surface area (Å²) in [7, 11) is 4.56. The molecular weight excluding hydrogens is 470 g/mol. The van der Waals surface area contributed by atoms with Gasteiger partial charge in [0.2, 0.25) is 5.75 Å². The van der Waals surface area contributed by atoms with Crippen LogP contribution in [0.1, 0.15) is 40.3 Å². The molecule has 0 saturated heterocycles. The van der Waals surface area contributed by atoms with Crippen molar-refractivity contribution in [1.82, 2.24) is 14.9 Å². The molecule has 0 saturated carbocycles. The first-order valence-corrected chi connectivity index (χ1v) is 12.1. The quantitative estimate of drug-likeness (QED) is 0.318. The number of para-hydroxylation sites is 2. The monoisotopic (exact) mass is 503 g/mol. The molecule has 194 valence electrons. The number of methoxy groups -OCH3 is 3. The van der Waals surface area contributed by atoms with Crippen LogP contribution in [0.2, 0.25) is 0 Å². The maximum Gasteiger partial charge on any atom is 0.252 e. The van der Waals surface area contributed by atoms with Gasteiger partial charge in [-0.3, -0.25) is 4.79 Å². The minimum Gasteiger partial charge on any atom is -0.493 e. The van der Waals surface area contributed by atoms with Crippen LogP contribution in [0.3, 0.4) is 0 Å². The average molecular weight is 504 g/mol. The summed E-state index contributed by atoms with van der Waals surface area (Å²) in [4.78, 5) is 18.1. The van der Waals surface area contributed by atoms with Crippen molar-refractivity contribution >= 4 is 16.9 Å². The number of benzene rings is 3. The highest BCUT2D eigenvalue weighted by Gasteiger charge is 2.22. The number of carbonyl (C=O) groups is 1. The van der Waals surface area contributed by atoms with Gasteiger partial charge in [0.15, 0.2) is 11.5 Å². The number of ether oxygens (including phenoxy) is 4. The first-order chi connectivity index (χ1) is 17.9. The van der Waals surface area contributed by atoms with E-state index >= 15 is 0 Å². The van der Waals surface area contributed by atoms with Crippen LogP contribution in [-0.2, 0) is 6.54 Å². The predicted octanol–water partition coefficient (Wildman–Crippen LogP) is 5.25. The van der Waals surface area contributed by atoms with Crippen LogP contribution in [-0.4, -0.2) is 43.4 Å². The number of rotatable bonds is 10. The van der Waals surface area contributed by atoms with Crippen molar-refractivity contribution in [2.24, 2.45) is 0 Å². The molecule has 4 rings (SSSR count). The Balaban J connectivity index is 1.57. The molecule has 1 amide bonds. The normalized spacial score (nSPS) is 11.7. The van der Waals surface area contributed by atoms with Gasteiger partial charge < -0.3 is 28.8 Å². The van der Waals surface area contributed by atoms with Crippen LogP contribution < -0.4 is 24.3 Å². The lowest BCUT2D eigenvalue weighted by atomic mass is 10.1. The molecule has 4 aromatic rings. The Morgan fingerprint density at radius 1 is 0.946 bits per heavy atom. The van der Waals surface area contributed by atoms with E-state index in [-0.39, 0.29) is 11.9 Å². The van der Waals surface area contributed by atoms with Crippen LogP contribution in [0.25, 0.3) is 11.0 Å². The second-order valence-electron chi connectivity index (χ2n) is 8.84. The molecule has 0 aliphatic carbocycles. The SMILES string of the molecule is COc1cc(C(=O)NC(C)c2nc3ccccc3n2CCOc2ccc(C)cc2C)cc(OC)c1OC. The van der Waals surface area contributed by atoms with E-state index in [0.29, 0.717) is 36.0 Å². The van der Waals surface area contributed by atoms with E-state index in [1.807, 2.05) is 50.2 Å². The standard InChI is InChI=1S/C29H33N3O5/c1-18-11-12-24(19(2)15-18)37-14-13-32-23-10-8-7-9-22(23)31-28(32)20(3)30-29(33)21-16-25(34-4)27(36-6)26(17-21)35-5/h7-12,15-17,20H,13-14H2,1-6H3,(H,30,33). The van der Waals surface area contributed by atoms with E-state index in [0.717, 1.165) is 28.2 Å². The summed E-state index contributed by atoms with van der Waals surface area (Å²) in [5.74, 6) is 2.58. The lowest BCUT2D eigenvalue weighted by Crippen LogP contribution is -2.29. The van der Waals surface area contributed by atoms with Gasteiger partial charge in [0.25, 0.3) is 5.91 Å². The van der Waals surface area contributed by atoms with Gasteiger partial charge in [-0.25, -0.2) is 4.98 Å². The Kier molecular flexibility index (Phi) is 7.86. The summed E-state index contributed by atoms with van der Waals surface area (Å²) in [6.45, 7) is 7.06. The van der Waals surface area contributed by atoms with Crippen LogP contribution >= 0.6 is 0 Å². The van der Waals surface area contributed by atoms with Gasteiger partial charge in [0, 0.05) is 5.56 Å². The molecule has 8 heteroatoms. The summed E-state index contributed by atoms with van der Waals surface area (Å²) >= 11 is 0. The van der Waals surface area contributed by atoms with Gasteiger partial charge in [-0.2, -0.15) is 0 Å². The summed E-state index contributed by atoms with van der Waals surface area (Å²) < 4.78 is 24.4. The topological polar surface area (TPSA) is 83.8 Å². The van der Waals surface area contributed by atoms with Crippen molar-refractivity contribution in [3.05, 3.63) is 77.1 Å². The van der Waals surface area contributed by atoms with Crippen LogP contribution in [0, 0.1) is 13.8 Å². The minimum absolute atomic E-state index is 0.281. The fraction of sp³-hybridized carbons (Fsp3) is 0.310. The third-order valence-electron chi connectivity index (χ3n) is 6.25. The molecule has 3 aromatic carbocycles. The molecule has 1 atom stereocenters. The summed E-state index contributed by atoms with van der Waals surface area (Å²) in [5, 5.41) is 3.06. The number of nitrogens with one attached hydrogen (secondary N) is 1. The molecule has 8 nitrogen and oxygen atoms in total. The minimum atomic E-state index is -0.375. The highest BCUT2D eigenvalue weighted by Crippen LogP contribution is 2.38. The molecule has 0 fully saturated rings. The van der Waals surface area contributed by atoms with E-state index in [4.69, 9.17) is 23.9 Å². The highest BCUT2D eigenvalue weighted by atomic mass is 16.5. The van der Waals surface area contributed by atoms with Crippen molar-refractivity contribution in [2.45, 2.75) is 33.4 Å². The zero-order chi connectivity index (χ0) is 26.5. The van der Waals surface area contributed by atoms with E-state index < -0.39 is 0 Å². The molecule has 0 radical (unpaired) electrons.